The Morgan fingerprint density at radius 1 is 0.808 bits per heavy atom. The van der Waals surface area contributed by atoms with Gasteiger partial charge in [-0.15, -0.1) is 0 Å². The summed E-state index contributed by atoms with van der Waals surface area (Å²) in [6, 6.07) is 18.6. The van der Waals surface area contributed by atoms with E-state index in [1.54, 1.807) is 12.1 Å². The van der Waals surface area contributed by atoms with Gasteiger partial charge in [0.1, 0.15) is 0 Å². The summed E-state index contributed by atoms with van der Waals surface area (Å²) in [6.45, 7) is 1.90. The van der Waals surface area contributed by atoms with Crippen molar-refractivity contribution in [2.75, 3.05) is 4.90 Å². The van der Waals surface area contributed by atoms with E-state index in [0.717, 1.165) is 11.3 Å². The van der Waals surface area contributed by atoms with Gasteiger partial charge in [-0.25, -0.2) is 4.90 Å². The molecule has 0 spiro atoms. The lowest BCUT2D eigenvalue weighted by molar-refractivity contribution is -0.112. The molecular formula is C22H18N2O2. The maximum Gasteiger partial charge on any atom is 0.266 e. The van der Waals surface area contributed by atoms with Crippen LogP contribution in [0.4, 0.5) is 5.69 Å². The zero-order valence-electron chi connectivity index (χ0n) is 14.6. The van der Waals surface area contributed by atoms with Gasteiger partial charge in [0, 0.05) is 30.1 Å². The number of nitrogens with zero attached hydrogens (tertiary/aromatic N) is 2. The summed E-state index contributed by atoms with van der Waals surface area (Å²) in [4.78, 5) is 27.7. The van der Waals surface area contributed by atoms with Gasteiger partial charge in [-0.1, -0.05) is 36.4 Å². The maximum atomic E-state index is 13.3. The second-order valence-electron chi connectivity index (χ2n) is 6.38. The minimum atomic E-state index is -0.302. The smallest absolute Gasteiger partial charge is 0.266 e. The number of carbonyl (C=O) groups is 2. The molecule has 2 aromatic carbocycles. The molecule has 2 heterocycles. The van der Waals surface area contributed by atoms with Crippen molar-refractivity contribution < 1.29 is 9.59 Å². The molecule has 4 rings (SSSR count). The summed E-state index contributed by atoms with van der Waals surface area (Å²) >= 11 is 0. The Morgan fingerprint density at radius 3 is 2.19 bits per heavy atom. The van der Waals surface area contributed by atoms with E-state index in [0.29, 0.717) is 22.4 Å². The van der Waals surface area contributed by atoms with Crippen LogP contribution in [0.1, 0.15) is 27.2 Å². The van der Waals surface area contributed by atoms with Crippen LogP contribution in [0.15, 0.2) is 66.9 Å². The summed E-state index contributed by atoms with van der Waals surface area (Å²) in [5, 5.41) is 0. The number of hydrogen-bond acceptors (Lipinski definition) is 2. The highest BCUT2D eigenvalue weighted by atomic mass is 16.2. The Bertz CT molecular complexity index is 1060. The van der Waals surface area contributed by atoms with Crippen LogP contribution < -0.4 is 4.90 Å². The van der Waals surface area contributed by atoms with Crippen LogP contribution in [0.5, 0.6) is 0 Å². The molecule has 1 aliphatic heterocycles. The molecule has 0 saturated carbocycles. The number of hydrogen-bond donors (Lipinski definition) is 0. The van der Waals surface area contributed by atoms with E-state index < -0.39 is 0 Å². The lowest BCUT2D eigenvalue weighted by Crippen LogP contribution is -2.42. The average Bonchev–Trinajstić information content (AvgIpc) is 3.05. The molecule has 2 amide bonds. The number of amides is 2. The van der Waals surface area contributed by atoms with Gasteiger partial charge in [0.15, 0.2) is 0 Å². The predicted molar refractivity (Wildman–Crippen MR) is 103 cm³/mol. The van der Waals surface area contributed by atoms with Crippen LogP contribution in [0, 0.1) is 6.92 Å². The van der Waals surface area contributed by atoms with Gasteiger partial charge in [0.05, 0.1) is 11.3 Å². The second kappa shape index (κ2) is 6.15. The van der Waals surface area contributed by atoms with Crippen molar-refractivity contribution in [2.45, 2.75) is 6.92 Å². The van der Waals surface area contributed by atoms with Gasteiger partial charge >= 0.3 is 0 Å². The largest absolute Gasteiger partial charge is 0.351 e. The summed E-state index contributed by atoms with van der Waals surface area (Å²) in [7, 11) is 1.93. The van der Waals surface area contributed by atoms with E-state index in [1.165, 1.54) is 4.90 Å². The summed E-state index contributed by atoms with van der Waals surface area (Å²) in [6.07, 6.45) is 3.77. The molecule has 0 bridgehead atoms. The first-order valence-corrected chi connectivity index (χ1v) is 8.45. The highest BCUT2D eigenvalue weighted by Crippen LogP contribution is 2.34. The second-order valence-corrected chi connectivity index (χ2v) is 6.38. The van der Waals surface area contributed by atoms with Gasteiger partial charge in [-0.05, 0) is 42.8 Å². The van der Waals surface area contributed by atoms with Crippen molar-refractivity contribution in [3.8, 4) is 0 Å². The average molecular weight is 342 g/mol. The monoisotopic (exact) mass is 342 g/mol. The molecule has 0 saturated heterocycles. The van der Waals surface area contributed by atoms with Crippen molar-refractivity contribution in [3.63, 3.8) is 0 Å². The summed E-state index contributed by atoms with van der Waals surface area (Å²) in [5.74, 6) is -0.590. The van der Waals surface area contributed by atoms with Crippen molar-refractivity contribution in [1.29, 1.82) is 0 Å². The number of aryl methyl sites for hydroxylation is 2. The van der Waals surface area contributed by atoms with Gasteiger partial charge in [-0.3, -0.25) is 9.59 Å². The third-order valence-electron chi connectivity index (χ3n) is 4.72. The first kappa shape index (κ1) is 16.1. The molecule has 128 valence electrons. The standard InChI is InChI=1S/C22H18N2O2/c1-15-8-3-6-12-20(15)24-21(25)18-11-5-4-10-17(18)19(22(24)26)14-16-9-7-13-23(16)2/h3-14H,1-2H3. The first-order valence-electron chi connectivity index (χ1n) is 8.45. The number of aromatic nitrogens is 1. The fraction of sp³-hybridized carbons (Fsp3) is 0.0909. The number of carbonyl (C=O) groups excluding carboxylic acids is 2. The van der Waals surface area contributed by atoms with Crippen LogP contribution in [0.25, 0.3) is 11.6 Å². The van der Waals surface area contributed by atoms with Crippen LogP contribution in [-0.4, -0.2) is 16.4 Å². The van der Waals surface area contributed by atoms with Crippen molar-refractivity contribution >= 4 is 29.2 Å². The minimum Gasteiger partial charge on any atom is -0.351 e. The predicted octanol–water partition coefficient (Wildman–Crippen LogP) is 4.06. The zero-order valence-corrected chi connectivity index (χ0v) is 14.6. The minimum absolute atomic E-state index is 0.288. The molecule has 0 N–H and O–H groups in total. The number of fused-ring (bicyclic) bond motifs is 1. The van der Waals surface area contributed by atoms with Gasteiger partial charge in [-0.2, -0.15) is 0 Å². The lowest BCUT2D eigenvalue weighted by atomic mass is 9.92. The Kier molecular flexibility index (Phi) is 3.81. The van der Waals surface area contributed by atoms with Crippen LogP contribution >= 0.6 is 0 Å². The molecule has 4 nitrogen and oxygen atoms in total. The van der Waals surface area contributed by atoms with E-state index in [-0.39, 0.29) is 11.8 Å². The van der Waals surface area contributed by atoms with E-state index >= 15 is 0 Å². The molecule has 1 aromatic heterocycles. The van der Waals surface area contributed by atoms with Crippen molar-refractivity contribution in [2.24, 2.45) is 7.05 Å². The van der Waals surface area contributed by atoms with E-state index in [2.05, 4.69) is 0 Å². The molecule has 26 heavy (non-hydrogen) atoms. The molecule has 3 aromatic rings. The highest BCUT2D eigenvalue weighted by Gasteiger charge is 2.36. The Labute approximate surface area is 152 Å². The van der Waals surface area contributed by atoms with Gasteiger partial charge < -0.3 is 4.57 Å². The zero-order chi connectivity index (χ0) is 18.3. The third-order valence-corrected chi connectivity index (χ3v) is 4.72. The summed E-state index contributed by atoms with van der Waals surface area (Å²) < 4.78 is 1.94. The number of imide groups is 1. The van der Waals surface area contributed by atoms with Crippen LogP contribution in [0.2, 0.25) is 0 Å². The lowest BCUT2D eigenvalue weighted by Gasteiger charge is -2.29. The molecule has 4 heteroatoms. The van der Waals surface area contributed by atoms with Gasteiger partial charge in [0.25, 0.3) is 11.8 Å². The third kappa shape index (κ3) is 2.47. The molecule has 0 atom stereocenters. The number of benzene rings is 2. The Balaban J connectivity index is 1.95. The molecule has 1 aliphatic rings. The SMILES string of the molecule is Cc1ccccc1N1C(=O)C(=Cc2cccn2C)c2ccccc2C1=O. The van der Waals surface area contributed by atoms with Crippen LogP contribution in [0.3, 0.4) is 0 Å². The molecule has 0 radical (unpaired) electrons. The Hall–Kier alpha value is -3.40. The number of anilines is 1. The quantitative estimate of drug-likeness (QED) is 0.521. The first-order chi connectivity index (χ1) is 12.6. The normalized spacial score (nSPS) is 15.5. The van der Waals surface area contributed by atoms with E-state index in [9.17, 15) is 9.59 Å². The highest BCUT2D eigenvalue weighted by molar-refractivity contribution is 6.43. The summed E-state index contributed by atoms with van der Waals surface area (Å²) in [5.41, 5.74) is 4.14. The fourth-order valence-electron chi connectivity index (χ4n) is 3.30. The van der Waals surface area contributed by atoms with E-state index in [1.807, 2.05) is 79.3 Å². The van der Waals surface area contributed by atoms with Crippen LogP contribution in [-0.2, 0) is 11.8 Å². The maximum absolute atomic E-state index is 13.3. The number of para-hydroxylation sites is 1. The van der Waals surface area contributed by atoms with Crippen molar-refractivity contribution in [1.82, 2.24) is 4.57 Å². The molecule has 0 aliphatic carbocycles. The van der Waals surface area contributed by atoms with Gasteiger partial charge in [0.2, 0.25) is 0 Å². The van der Waals surface area contributed by atoms with E-state index in [4.69, 9.17) is 0 Å². The van der Waals surface area contributed by atoms with Crippen molar-refractivity contribution in [3.05, 3.63) is 89.2 Å². The molecular weight excluding hydrogens is 324 g/mol. The Morgan fingerprint density at radius 2 is 1.50 bits per heavy atom. The topological polar surface area (TPSA) is 42.3 Å². The number of rotatable bonds is 2. The fourth-order valence-corrected chi connectivity index (χ4v) is 3.30. The molecule has 0 fully saturated rings. The molecule has 0 unspecified atom stereocenters.